The second kappa shape index (κ2) is 7.74. The molecule has 0 aliphatic carbocycles. The summed E-state index contributed by atoms with van der Waals surface area (Å²) in [7, 11) is 1.53. The Hall–Kier alpha value is -2.40. The molecule has 23 heavy (non-hydrogen) atoms. The predicted molar refractivity (Wildman–Crippen MR) is 91.2 cm³/mol. The first-order chi connectivity index (χ1) is 11.0. The van der Waals surface area contributed by atoms with E-state index in [1.165, 1.54) is 7.11 Å². The lowest BCUT2D eigenvalue weighted by molar-refractivity contribution is -0.119. The van der Waals surface area contributed by atoms with Crippen LogP contribution in [0.5, 0.6) is 11.5 Å². The van der Waals surface area contributed by atoms with Crippen molar-refractivity contribution in [3.8, 4) is 11.5 Å². The third-order valence-electron chi connectivity index (χ3n) is 3.29. The molecule has 5 nitrogen and oxygen atoms in total. The van der Waals surface area contributed by atoms with Gasteiger partial charge in [-0.1, -0.05) is 29.8 Å². The van der Waals surface area contributed by atoms with E-state index in [1.807, 2.05) is 37.3 Å². The third kappa shape index (κ3) is 4.53. The lowest BCUT2D eigenvalue weighted by Gasteiger charge is -2.18. The van der Waals surface area contributed by atoms with Crippen LogP contribution in [0, 0.1) is 0 Å². The molecule has 2 rings (SSSR count). The van der Waals surface area contributed by atoms with Crippen molar-refractivity contribution < 1.29 is 14.3 Å². The van der Waals surface area contributed by atoms with Crippen molar-refractivity contribution in [2.45, 2.75) is 13.0 Å². The maximum absolute atomic E-state index is 10.9. The molecule has 0 heterocycles. The Morgan fingerprint density at radius 2 is 2.00 bits per heavy atom. The molecule has 0 unspecified atom stereocenters. The number of ether oxygens (including phenoxy) is 2. The van der Waals surface area contributed by atoms with Crippen LogP contribution < -0.4 is 20.5 Å². The highest BCUT2D eigenvalue weighted by Gasteiger charge is 2.12. The van der Waals surface area contributed by atoms with Gasteiger partial charge in [0.05, 0.1) is 7.11 Å². The van der Waals surface area contributed by atoms with Gasteiger partial charge in [-0.25, -0.2) is 0 Å². The Morgan fingerprint density at radius 3 is 2.65 bits per heavy atom. The second-order valence-corrected chi connectivity index (χ2v) is 5.42. The number of rotatable bonds is 7. The molecular weight excluding hydrogens is 316 g/mol. The molecule has 0 aliphatic rings. The van der Waals surface area contributed by atoms with Gasteiger partial charge in [-0.2, -0.15) is 0 Å². The summed E-state index contributed by atoms with van der Waals surface area (Å²) in [5.41, 5.74) is 6.92. The maximum Gasteiger partial charge on any atom is 0.255 e. The number of amides is 1. The van der Waals surface area contributed by atoms with Gasteiger partial charge in [0.15, 0.2) is 18.1 Å². The molecule has 2 aromatic carbocycles. The number of primary amides is 1. The molecule has 0 saturated carbocycles. The molecule has 0 bridgehead atoms. The van der Waals surface area contributed by atoms with Gasteiger partial charge in [-0.3, -0.25) is 4.79 Å². The Morgan fingerprint density at radius 1 is 1.26 bits per heavy atom. The number of carbonyl (C=O) groups excluding carboxylic acids is 1. The van der Waals surface area contributed by atoms with Crippen molar-refractivity contribution in [3.63, 3.8) is 0 Å². The van der Waals surface area contributed by atoms with Crippen molar-refractivity contribution in [2.75, 3.05) is 19.0 Å². The molecule has 0 fully saturated rings. The van der Waals surface area contributed by atoms with Crippen molar-refractivity contribution in [2.24, 2.45) is 5.73 Å². The number of hydrogen-bond acceptors (Lipinski definition) is 4. The summed E-state index contributed by atoms with van der Waals surface area (Å²) in [6.07, 6.45) is 0. The van der Waals surface area contributed by atoms with E-state index < -0.39 is 5.91 Å². The number of nitrogens with one attached hydrogen (secondary N) is 1. The highest BCUT2D eigenvalue weighted by molar-refractivity contribution is 6.31. The van der Waals surface area contributed by atoms with Crippen molar-refractivity contribution in [1.82, 2.24) is 0 Å². The summed E-state index contributed by atoms with van der Waals surface area (Å²) in [4.78, 5) is 10.9. The highest BCUT2D eigenvalue weighted by Crippen LogP contribution is 2.32. The average Bonchev–Trinajstić information content (AvgIpc) is 2.53. The van der Waals surface area contributed by atoms with Crippen LogP contribution in [-0.2, 0) is 4.79 Å². The van der Waals surface area contributed by atoms with E-state index in [9.17, 15) is 4.79 Å². The average molecular weight is 335 g/mol. The van der Waals surface area contributed by atoms with E-state index in [0.717, 1.165) is 11.3 Å². The molecule has 0 radical (unpaired) electrons. The minimum absolute atomic E-state index is 0.00100. The van der Waals surface area contributed by atoms with Crippen LogP contribution in [0.1, 0.15) is 18.5 Å². The lowest BCUT2D eigenvalue weighted by Crippen LogP contribution is -2.20. The summed E-state index contributed by atoms with van der Waals surface area (Å²) < 4.78 is 10.6. The van der Waals surface area contributed by atoms with Crippen LogP contribution in [0.4, 0.5) is 5.69 Å². The standard InChI is InChI=1S/C17H19ClN2O3/c1-11(13-5-3-4-6-14(13)18)20-12-7-8-15(22-2)16(9-12)23-10-17(19)21/h3-9,11,20H,10H2,1-2H3,(H2,19,21)/t11-/m0/s1. The van der Waals surface area contributed by atoms with Crippen LogP contribution in [0.15, 0.2) is 42.5 Å². The molecular formula is C17H19ClN2O3. The van der Waals surface area contributed by atoms with Crippen LogP contribution in [0.3, 0.4) is 0 Å². The smallest absolute Gasteiger partial charge is 0.255 e. The van der Waals surface area contributed by atoms with Gasteiger partial charge in [-0.05, 0) is 30.7 Å². The number of benzene rings is 2. The van der Waals surface area contributed by atoms with E-state index in [1.54, 1.807) is 12.1 Å². The van der Waals surface area contributed by atoms with Gasteiger partial charge >= 0.3 is 0 Å². The molecule has 0 saturated heterocycles. The van der Waals surface area contributed by atoms with Crippen LogP contribution >= 0.6 is 11.6 Å². The summed E-state index contributed by atoms with van der Waals surface area (Å²) in [6.45, 7) is 1.80. The Bertz CT molecular complexity index is 691. The van der Waals surface area contributed by atoms with Gasteiger partial charge in [0, 0.05) is 22.8 Å². The molecule has 0 aliphatic heterocycles. The molecule has 6 heteroatoms. The van der Waals surface area contributed by atoms with Gasteiger partial charge < -0.3 is 20.5 Å². The van der Waals surface area contributed by atoms with Crippen LogP contribution in [-0.4, -0.2) is 19.6 Å². The van der Waals surface area contributed by atoms with Gasteiger partial charge in [0.25, 0.3) is 5.91 Å². The number of carbonyl (C=O) groups is 1. The molecule has 0 spiro atoms. The number of nitrogens with two attached hydrogens (primary N) is 1. The quantitative estimate of drug-likeness (QED) is 0.814. The Kier molecular flexibility index (Phi) is 5.71. The summed E-state index contributed by atoms with van der Waals surface area (Å²) >= 11 is 6.21. The van der Waals surface area contributed by atoms with Crippen molar-refractivity contribution >= 4 is 23.2 Å². The first-order valence-electron chi connectivity index (χ1n) is 7.11. The molecule has 3 N–H and O–H groups in total. The minimum Gasteiger partial charge on any atom is -0.493 e. The van der Waals surface area contributed by atoms with Crippen molar-refractivity contribution in [3.05, 3.63) is 53.1 Å². The topological polar surface area (TPSA) is 73.6 Å². The third-order valence-corrected chi connectivity index (χ3v) is 3.63. The fourth-order valence-corrected chi connectivity index (χ4v) is 2.48. The zero-order valence-electron chi connectivity index (χ0n) is 13.0. The molecule has 2 aromatic rings. The summed E-state index contributed by atoms with van der Waals surface area (Å²) in [6, 6.07) is 13.0. The number of anilines is 1. The normalized spacial score (nSPS) is 11.6. The van der Waals surface area contributed by atoms with E-state index in [0.29, 0.717) is 16.5 Å². The largest absolute Gasteiger partial charge is 0.493 e. The Balaban J connectivity index is 2.18. The Labute approximate surface area is 140 Å². The first-order valence-corrected chi connectivity index (χ1v) is 7.49. The lowest BCUT2D eigenvalue weighted by atomic mass is 10.1. The van der Waals surface area contributed by atoms with Gasteiger partial charge in [0.2, 0.25) is 0 Å². The van der Waals surface area contributed by atoms with E-state index in [-0.39, 0.29) is 12.6 Å². The fourth-order valence-electron chi connectivity index (χ4n) is 2.18. The highest BCUT2D eigenvalue weighted by atomic mass is 35.5. The zero-order valence-corrected chi connectivity index (χ0v) is 13.8. The molecule has 122 valence electrons. The van der Waals surface area contributed by atoms with Crippen LogP contribution in [0.25, 0.3) is 0 Å². The molecule has 0 aromatic heterocycles. The van der Waals surface area contributed by atoms with Gasteiger partial charge in [-0.15, -0.1) is 0 Å². The van der Waals surface area contributed by atoms with Crippen molar-refractivity contribution in [1.29, 1.82) is 0 Å². The van der Waals surface area contributed by atoms with E-state index >= 15 is 0 Å². The number of methoxy groups -OCH3 is 1. The zero-order chi connectivity index (χ0) is 16.8. The SMILES string of the molecule is COc1ccc(N[C@@H](C)c2ccccc2Cl)cc1OCC(N)=O. The maximum atomic E-state index is 10.9. The number of hydrogen-bond donors (Lipinski definition) is 2. The monoisotopic (exact) mass is 334 g/mol. The predicted octanol–water partition coefficient (Wildman–Crippen LogP) is 3.39. The van der Waals surface area contributed by atoms with Crippen LogP contribution in [0.2, 0.25) is 5.02 Å². The summed E-state index contributed by atoms with van der Waals surface area (Å²) in [5.74, 6) is 0.430. The second-order valence-electron chi connectivity index (χ2n) is 5.01. The summed E-state index contributed by atoms with van der Waals surface area (Å²) in [5, 5.41) is 4.04. The number of halogens is 1. The minimum atomic E-state index is -0.546. The fraction of sp³-hybridized carbons (Fsp3) is 0.235. The first kappa shape index (κ1) is 17.0. The molecule has 1 atom stereocenters. The van der Waals surface area contributed by atoms with E-state index in [4.69, 9.17) is 26.8 Å². The van der Waals surface area contributed by atoms with Gasteiger partial charge in [0.1, 0.15) is 0 Å². The van der Waals surface area contributed by atoms with E-state index in [2.05, 4.69) is 5.32 Å². The molecule has 1 amide bonds.